The molecule has 2 rings (SSSR count). The maximum atomic E-state index is 11.8. The molecule has 0 aliphatic carbocycles. The molecule has 0 spiro atoms. The number of methoxy groups -OCH3 is 1. The molecule has 1 aromatic carbocycles. The summed E-state index contributed by atoms with van der Waals surface area (Å²) in [6.07, 6.45) is 1.53. The first kappa shape index (κ1) is 14.4. The number of nitrogens with one attached hydrogen (secondary N) is 2. The van der Waals surface area contributed by atoms with Gasteiger partial charge in [-0.2, -0.15) is 0 Å². The number of amides is 2. The minimum atomic E-state index is -0.420. The molecule has 0 saturated carbocycles. The number of anilines is 2. The average Bonchev–Trinajstić information content (AvgIpc) is 2.37. The zero-order valence-corrected chi connectivity index (χ0v) is 12.0. The SMILES string of the molecule is COc1cc(NC(=O)Nc2cc(Cl)cc(Cl)c2)ccn1. The van der Waals surface area contributed by atoms with Crippen LogP contribution in [0.3, 0.4) is 0 Å². The van der Waals surface area contributed by atoms with Gasteiger partial charge in [-0.1, -0.05) is 23.2 Å². The lowest BCUT2D eigenvalue weighted by atomic mass is 10.3. The summed E-state index contributed by atoms with van der Waals surface area (Å²) in [5.41, 5.74) is 1.06. The van der Waals surface area contributed by atoms with Crippen molar-refractivity contribution in [3.8, 4) is 5.88 Å². The number of ether oxygens (including phenoxy) is 1. The molecule has 5 nitrogen and oxygen atoms in total. The zero-order valence-electron chi connectivity index (χ0n) is 10.5. The molecule has 1 aromatic heterocycles. The van der Waals surface area contributed by atoms with Crippen LogP contribution in [0.15, 0.2) is 36.5 Å². The van der Waals surface area contributed by atoms with Crippen molar-refractivity contribution in [2.24, 2.45) is 0 Å². The molecule has 0 atom stereocenters. The van der Waals surface area contributed by atoms with Gasteiger partial charge in [-0.3, -0.25) is 0 Å². The van der Waals surface area contributed by atoms with Crippen molar-refractivity contribution >= 4 is 40.6 Å². The van der Waals surface area contributed by atoms with Gasteiger partial charge in [-0.15, -0.1) is 0 Å². The fraction of sp³-hybridized carbons (Fsp3) is 0.0769. The van der Waals surface area contributed by atoms with Crippen LogP contribution >= 0.6 is 23.2 Å². The molecular weight excluding hydrogens is 301 g/mol. The van der Waals surface area contributed by atoms with Crippen molar-refractivity contribution in [2.75, 3.05) is 17.7 Å². The number of nitrogens with zero attached hydrogens (tertiary/aromatic N) is 1. The Morgan fingerprint density at radius 2 is 1.75 bits per heavy atom. The number of benzene rings is 1. The first-order chi connectivity index (χ1) is 9.56. The van der Waals surface area contributed by atoms with E-state index in [-0.39, 0.29) is 0 Å². The van der Waals surface area contributed by atoms with Gasteiger partial charge < -0.3 is 15.4 Å². The van der Waals surface area contributed by atoms with E-state index in [0.717, 1.165) is 0 Å². The molecule has 2 amide bonds. The highest BCUT2D eigenvalue weighted by atomic mass is 35.5. The fourth-order valence-electron chi connectivity index (χ4n) is 1.52. The number of carbonyl (C=O) groups is 1. The highest BCUT2D eigenvalue weighted by Gasteiger charge is 2.05. The Balaban J connectivity index is 2.04. The Hall–Kier alpha value is -1.98. The molecule has 0 bridgehead atoms. The Labute approximate surface area is 125 Å². The Kier molecular flexibility index (Phi) is 4.65. The van der Waals surface area contributed by atoms with Crippen molar-refractivity contribution in [1.82, 2.24) is 4.98 Å². The number of hydrogen-bond acceptors (Lipinski definition) is 3. The maximum Gasteiger partial charge on any atom is 0.323 e. The Morgan fingerprint density at radius 1 is 1.10 bits per heavy atom. The fourth-order valence-corrected chi connectivity index (χ4v) is 2.04. The van der Waals surface area contributed by atoms with Crippen molar-refractivity contribution in [3.63, 3.8) is 0 Å². The van der Waals surface area contributed by atoms with Crippen LogP contribution < -0.4 is 15.4 Å². The number of rotatable bonds is 3. The maximum absolute atomic E-state index is 11.8. The molecular formula is C13H11Cl2N3O2. The highest BCUT2D eigenvalue weighted by Crippen LogP contribution is 2.22. The van der Waals surface area contributed by atoms with E-state index in [2.05, 4.69) is 15.6 Å². The summed E-state index contributed by atoms with van der Waals surface area (Å²) in [5, 5.41) is 6.16. The van der Waals surface area contributed by atoms with E-state index in [1.54, 1.807) is 30.3 Å². The number of carbonyl (C=O) groups excluding carboxylic acids is 1. The third-order valence-corrected chi connectivity index (χ3v) is 2.76. The van der Waals surface area contributed by atoms with Crippen molar-refractivity contribution in [3.05, 3.63) is 46.6 Å². The molecule has 0 saturated heterocycles. The number of pyridine rings is 1. The molecule has 0 aliphatic rings. The second kappa shape index (κ2) is 6.45. The van der Waals surface area contributed by atoms with Crippen LogP contribution in [0.5, 0.6) is 5.88 Å². The lowest BCUT2D eigenvalue weighted by molar-refractivity contribution is 0.262. The first-order valence-corrected chi connectivity index (χ1v) is 6.36. The van der Waals surface area contributed by atoms with Gasteiger partial charge in [0, 0.05) is 33.7 Å². The van der Waals surface area contributed by atoms with E-state index >= 15 is 0 Å². The molecule has 2 aromatic rings. The van der Waals surface area contributed by atoms with Crippen molar-refractivity contribution in [2.45, 2.75) is 0 Å². The monoisotopic (exact) mass is 311 g/mol. The van der Waals surface area contributed by atoms with Gasteiger partial charge in [0.15, 0.2) is 0 Å². The summed E-state index contributed by atoms with van der Waals surface area (Å²) in [6.45, 7) is 0. The summed E-state index contributed by atoms with van der Waals surface area (Å²) < 4.78 is 4.97. The molecule has 104 valence electrons. The molecule has 20 heavy (non-hydrogen) atoms. The van der Waals surface area contributed by atoms with Gasteiger partial charge in [-0.25, -0.2) is 9.78 Å². The van der Waals surface area contributed by atoms with Crippen LogP contribution in [0, 0.1) is 0 Å². The molecule has 7 heteroatoms. The molecule has 0 fully saturated rings. The first-order valence-electron chi connectivity index (χ1n) is 5.61. The standard InChI is InChI=1S/C13H11Cl2N3O2/c1-20-12-7-10(2-3-16-12)17-13(19)18-11-5-8(14)4-9(15)6-11/h2-7H,1H3,(H2,16,17,18,19). The lowest BCUT2D eigenvalue weighted by Crippen LogP contribution is -2.19. The van der Waals surface area contributed by atoms with E-state index in [9.17, 15) is 4.79 Å². The smallest absolute Gasteiger partial charge is 0.323 e. The quantitative estimate of drug-likeness (QED) is 0.899. The van der Waals surface area contributed by atoms with Crippen molar-refractivity contribution < 1.29 is 9.53 Å². The lowest BCUT2D eigenvalue weighted by Gasteiger charge is -2.09. The van der Waals surface area contributed by atoms with Crippen molar-refractivity contribution in [1.29, 1.82) is 0 Å². The molecule has 1 heterocycles. The third kappa shape index (κ3) is 4.01. The minimum Gasteiger partial charge on any atom is -0.481 e. The number of aromatic nitrogens is 1. The van der Waals surface area contributed by atoms with E-state index < -0.39 is 6.03 Å². The normalized spacial score (nSPS) is 9.95. The van der Waals surface area contributed by atoms with Gasteiger partial charge in [0.2, 0.25) is 5.88 Å². The zero-order chi connectivity index (χ0) is 14.5. The molecule has 0 aliphatic heterocycles. The predicted octanol–water partition coefficient (Wildman–Crippen LogP) is 4.04. The second-order valence-corrected chi connectivity index (χ2v) is 4.70. The van der Waals surface area contributed by atoms with Crippen LogP contribution in [-0.4, -0.2) is 18.1 Å². The van der Waals surface area contributed by atoms with E-state index in [4.69, 9.17) is 27.9 Å². The van der Waals surface area contributed by atoms with Crippen LogP contribution in [0.1, 0.15) is 0 Å². The van der Waals surface area contributed by atoms with Gasteiger partial charge in [0.25, 0.3) is 0 Å². The van der Waals surface area contributed by atoms with Crippen LogP contribution in [-0.2, 0) is 0 Å². The number of halogens is 2. The predicted molar refractivity (Wildman–Crippen MR) is 79.9 cm³/mol. The summed E-state index contributed by atoms with van der Waals surface area (Å²) in [6, 6.07) is 7.61. The van der Waals surface area contributed by atoms with Crippen LogP contribution in [0.2, 0.25) is 10.0 Å². The molecule has 2 N–H and O–H groups in total. The van der Waals surface area contributed by atoms with Gasteiger partial charge >= 0.3 is 6.03 Å². The number of hydrogen-bond donors (Lipinski definition) is 2. The van der Waals surface area contributed by atoms with E-state index in [1.807, 2.05) is 0 Å². The summed E-state index contributed by atoms with van der Waals surface area (Å²) in [4.78, 5) is 15.8. The highest BCUT2D eigenvalue weighted by molar-refractivity contribution is 6.35. The van der Waals surface area contributed by atoms with Gasteiger partial charge in [0.1, 0.15) is 0 Å². The van der Waals surface area contributed by atoms with E-state index in [0.29, 0.717) is 27.3 Å². The average molecular weight is 312 g/mol. The van der Waals surface area contributed by atoms with E-state index in [1.165, 1.54) is 13.3 Å². The third-order valence-electron chi connectivity index (χ3n) is 2.32. The largest absolute Gasteiger partial charge is 0.481 e. The van der Waals surface area contributed by atoms with Gasteiger partial charge in [0.05, 0.1) is 7.11 Å². The minimum absolute atomic E-state index is 0.411. The second-order valence-electron chi connectivity index (χ2n) is 3.82. The summed E-state index contributed by atoms with van der Waals surface area (Å²) in [5.74, 6) is 0.411. The van der Waals surface area contributed by atoms with Crippen LogP contribution in [0.4, 0.5) is 16.2 Å². The summed E-state index contributed by atoms with van der Waals surface area (Å²) in [7, 11) is 1.50. The molecule has 0 unspecified atom stereocenters. The Morgan fingerprint density at radius 3 is 2.40 bits per heavy atom. The van der Waals surface area contributed by atoms with Crippen LogP contribution in [0.25, 0.3) is 0 Å². The van der Waals surface area contributed by atoms with Gasteiger partial charge in [-0.05, 0) is 24.3 Å². The Bertz CT molecular complexity index is 615. The summed E-state index contributed by atoms with van der Waals surface area (Å²) >= 11 is 11.7. The molecule has 0 radical (unpaired) electrons. The number of urea groups is 1. The topological polar surface area (TPSA) is 63.2 Å².